The molecule has 0 saturated carbocycles. The SMILES string of the molecule is CC(CNC(=O)OC(C)(C)C)C1=CC1. The zero-order chi connectivity index (χ0) is 10.8. The lowest BCUT2D eigenvalue weighted by atomic mass is 10.1. The molecule has 1 rings (SSSR count). The molecule has 1 unspecified atom stereocenters. The van der Waals surface area contributed by atoms with E-state index in [0.717, 1.165) is 6.42 Å². The zero-order valence-electron chi connectivity index (χ0n) is 9.39. The van der Waals surface area contributed by atoms with E-state index in [1.807, 2.05) is 20.8 Å². The van der Waals surface area contributed by atoms with E-state index in [2.05, 4.69) is 18.3 Å². The highest BCUT2D eigenvalue weighted by atomic mass is 16.6. The first-order valence-corrected chi connectivity index (χ1v) is 5.04. The molecule has 0 spiro atoms. The van der Waals surface area contributed by atoms with Gasteiger partial charge in [0.05, 0.1) is 0 Å². The predicted molar refractivity (Wildman–Crippen MR) is 56.1 cm³/mol. The van der Waals surface area contributed by atoms with E-state index < -0.39 is 5.60 Å². The number of amides is 1. The fourth-order valence-corrected chi connectivity index (χ4v) is 1.14. The van der Waals surface area contributed by atoms with Gasteiger partial charge in [0.1, 0.15) is 5.60 Å². The summed E-state index contributed by atoms with van der Waals surface area (Å²) in [7, 11) is 0. The number of hydrogen-bond donors (Lipinski definition) is 1. The number of nitrogens with one attached hydrogen (secondary N) is 1. The maximum Gasteiger partial charge on any atom is 0.407 e. The van der Waals surface area contributed by atoms with Crippen molar-refractivity contribution < 1.29 is 9.53 Å². The van der Waals surface area contributed by atoms with E-state index in [-0.39, 0.29) is 6.09 Å². The second kappa shape index (κ2) is 4.03. The number of carbonyl (C=O) groups excluding carboxylic acids is 1. The molecule has 1 N–H and O–H groups in total. The molecule has 0 aliphatic heterocycles. The Kier molecular flexibility index (Phi) is 3.19. The number of alkyl carbamates (subject to hydrolysis) is 1. The molecule has 0 fully saturated rings. The van der Waals surface area contributed by atoms with Crippen LogP contribution in [-0.2, 0) is 4.74 Å². The largest absolute Gasteiger partial charge is 0.444 e. The Bertz CT molecular complexity index is 251. The van der Waals surface area contributed by atoms with Gasteiger partial charge in [-0.15, -0.1) is 0 Å². The molecule has 0 saturated heterocycles. The van der Waals surface area contributed by atoms with Crippen LogP contribution in [0.1, 0.15) is 34.1 Å². The maximum absolute atomic E-state index is 11.3. The van der Waals surface area contributed by atoms with Crippen LogP contribution in [0.4, 0.5) is 4.79 Å². The fraction of sp³-hybridized carbons (Fsp3) is 0.727. The van der Waals surface area contributed by atoms with Gasteiger partial charge in [-0.25, -0.2) is 4.79 Å². The summed E-state index contributed by atoms with van der Waals surface area (Å²) in [5.41, 5.74) is 1.02. The number of rotatable bonds is 3. The summed E-state index contributed by atoms with van der Waals surface area (Å²) in [6, 6.07) is 0. The third kappa shape index (κ3) is 4.30. The molecule has 1 aliphatic rings. The van der Waals surface area contributed by atoms with E-state index in [1.165, 1.54) is 5.57 Å². The first kappa shape index (κ1) is 11.1. The lowest BCUT2D eigenvalue weighted by Crippen LogP contribution is -2.34. The molecule has 14 heavy (non-hydrogen) atoms. The Labute approximate surface area is 85.5 Å². The number of ether oxygens (including phenoxy) is 1. The molecule has 80 valence electrons. The zero-order valence-corrected chi connectivity index (χ0v) is 9.39. The summed E-state index contributed by atoms with van der Waals surface area (Å²) in [6.45, 7) is 8.36. The minimum Gasteiger partial charge on any atom is -0.444 e. The molecule has 1 atom stereocenters. The van der Waals surface area contributed by atoms with Gasteiger partial charge in [0.2, 0.25) is 0 Å². The van der Waals surface area contributed by atoms with Crippen molar-refractivity contribution in [1.29, 1.82) is 0 Å². The lowest BCUT2D eigenvalue weighted by Gasteiger charge is -2.20. The van der Waals surface area contributed by atoms with Gasteiger partial charge in [0, 0.05) is 6.54 Å². The third-order valence-electron chi connectivity index (χ3n) is 2.02. The lowest BCUT2D eigenvalue weighted by molar-refractivity contribution is 0.0523. The first-order valence-electron chi connectivity index (χ1n) is 5.04. The van der Waals surface area contributed by atoms with Crippen molar-refractivity contribution in [3.05, 3.63) is 11.6 Å². The molecule has 0 bridgehead atoms. The quantitative estimate of drug-likeness (QED) is 0.706. The average molecular weight is 197 g/mol. The molecule has 0 aromatic heterocycles. The van der Waals surface area contributed by atoms with Crippen LogP contribution < -0.4 is 5.32 Å². The molecule has 0 aromatic rings. The Hall–Kier alpha value is -0.990. The number of allylic oxidation sites excluding steroid dienone is 1. The van der Waals surface area contributed by atoms with E-state index >= 15 is 0 Å². The predicted octanol–water partition coefficient (Wildman–Crippen LogP) is 2.48. The summed E-state index contributed by atoms with van der Waals surface area (Å²) in [6.07, 6.45) is 2.96. The summed E-state index contributed by atoms with van der Waals surface area (Å²) >= 11 is 0. The van der Waals surface area contributed by atoms with Crippen LogP contribution in [0.5, 0.6) is 0 Å². The van der Waals surface area contributed by atoms with Gasteiger partial charge < -0.3 is 10.1 Å². The van der Waals surface area contributed by atoms with E-state index in [4.69, 9.17) is 4.74 Å². The van der Waals surface area contributed by atoms with Crippen molar-refractivity contribution in [1.82, 2.24) is 5.32 Å². The minimum absolute atomic E-state index is 0.328. The van der Waals surface area contributed by atoms with Crippen molar-refractivity contribution in [2.45, 2.75) is 39.7 Å². The Morgan fingerprint density at radius 1 is 1.64 bits per heavy atom. The summed E-state index contributed by atoms with van der Waals surface area (Å²) in [5, 5.41) is 2.76. The van der Waals surface area contributed by atoms with Crippen LogP contribution in [0.25, 0.3) is 0 Å². The van der Waals surface area contributed by atoms with Crippen LogP contribution in [0.2, 0.25) is 0 Å². The number of hydrogen-bond acceptors (Lipinski definition) is 2. The maximum atomic E-state index is 11.3. The molecular formula is C11H19NO2. The van der Waals surface area contributed by atoms with E-state index in [0.29, 0.717) is 12.5 Å². The molecule has 1 amide bonds. The van der Waals surface area contributed by atoms with Gasteiger partial charge in [-0.1, -0.05) is 18.6 Å². The molecule has 1 aliphatic carbocycles. The highest BCUT2D eigenvalue weighted by molar-refractivity contribution is 5.67. The molecular weight excluding hydrogens is 178 g/mol. The van der Waals surface area contributed by atoms with Crippen LogP contribution in [0.15, 0.2) is 11.6 Å². The van der Waals surface area contributed by atoms with E-state index in [9.17, 15) is 4.79 Å². The van der Waals surface area contributed by atoms with Crippen molar-refractivity contribution >= 4 is 6.09 Å². The number of carbonyl (C=O) groups is 1. The van der Waals surface area contributed by atoms with Crippen molar-refractivity contribution in [3.8, 4) is 0 Å². The Morgan fingerprint density at radius 3 is 2.64 bits per heavy atom. The van der Waals surface area contributed by atoms with Crippen molar-refractivity contribution in [2.75, 3.05) is 6.54 Å². The molecule has 3 nitrogen and oxygen atoms in total. The van der Waals surface area contributed by atoms with Gasteiger partial charge in [0.25, 0.3) is 0 Å². The van der Waals surface area contributed by atoms with Gasteiger partial charge in [-0.2, -0.15) is 0 Å². The normalized spacial score (nSPS) is 17.0. The average Bonchev–Trinajstić information content (AvgIpc) is 2.78. The van der Waals surface area contributed by atoms with Crippen molar-refractivity contribution in [3.63, 3.8) is 0 Å². The summed E-state index contributed by atoms with van der Waals surface area (Å²) < 4.78 is 5.12. The molecule has 0 aromatic carbocycles. The second-order valence-corrected chi connectivity index (χ2v) is 4.77. The van der Waals surface area contributed by atoms with Crippen LogP contribution >= 0.6 is 0 Å². The summed E-state index contributed by atoms with van der Waals surface area (Å²) in [4.78, 5) is 11.3. The summed E-state index contributed by atoms with van der Waals surface area (Å²) in [5.74, 6) is 0.447. The van der Waals surface area contributed by atoms with Gasteiger partial charge in [0.15, 0.2) is 0 Å². The van der Waals surface area contributed by atoms with E-state index in [1.54, 1.807) is 0 Å². The minimum atomic E-state index is -0.411. The molecule has 3 heteroatoms. The highest BCUT2D eigenvalue weighted by Gasteiger charge is 2.19. The van der Waals surface area contributed by atoms with Gasteiger partial charge in [-0.3, -0.25) is 0 Å². The molecule has 0 heterocycles. The molecule has 0 radical (unpaired) electrons. The standard InChI is InChI=1S/C11H19NO2/c1-8(9-5-6-9)7-12-10(13)14-11(2,3)4/h5,8H,6-7H2,1-4H3,(H,12,13). The highest BCUT2D eigenvalue weighted by Crippen LogP contribution is 2.26. The monoisotopic (exact) mass is 197 g/mol. The Morgan fingerprint density at radius 2 is 2.21 bits per heavy atom. The smallest absolute Gasteiger partial charge is 0.407 e. The fourth-order valence-electron chi connectivity index (χ4n) is 1.14. The van der Waals surface area contributed by atoms with Crippen LogP contribution in [-0.4, -0.2) is 18.2 Å². The second-order valence-electron chi connectivity index (χ2n) is 4.77. The Balaban J connectivity index is 2.17. The topological polar surface area (TPSA) is 38.3 Å². The first-order chi connectivity index (χ1) is 6.38. The van der Waals surface area contributed by atoms with Crippen molar-refractivity contribution in [2.24, 2.45) is 5.92 Å². The van der Waals surface area contributed by atoms with Crippen LogP contribution in [0, 0.1) is 5.92 Å². The third-order valence-corrected chi connectivity index (χ3v) is 2.02. The van der Waals surface area contributed by atoms with Gasteiger partial charge >= 0.3 is 6.09 Å². The van der Waals surface area contributed by atoms with Gasteiger partial charge in [-0.05, 0) is 33.1 Å². The van der Waals surface area contributed by atoms with Crippen LogP contribution in [0.3, 0.4) is 0 Å².